The minimum Gasteiger partial charge on any atom is -0.349 e. The third kappa shape index (κ3) is 4.31. The van der Waals surface area contributed by atoms with Crippen LogP contribution >= 0.6 is 0 Å². The van der Waals surface area contributed by atoms with E-state index in [9.17, 15) is 9.59 Å². The number of carbonyl (C=O) groups is 1. The molecule has 4 rings (SSSR count). The summed E-state index contributed by atoms with van der Waals surface area (Å²) in [6, 6.07) is 18.0. The van der Waals surface area contributed by atoms with E-state index < -0.39 is 0 Å². The second kappa shape index (κ2) is 8.84. The maximum atomic E-state index is 13.1. The lowest BCUT2D eigenvalue weighted by Crippen LogP contribution is -2.44. The zero-order chi connectivity index (χ0) is 21.1. The smallest absolute Gasteiger partial charge is 0.258 e. The van der Waals surface area contributed by atoms with E-state index >= 15 is 0 Å². The van der Waals surface area contributed by atoms with Crippen molar-refractivity contribution in [2.24, 2.45) is 0 Å². The molecule has 1 aromatic heterocycles. The van der Waals surface area contributed by atoms with Crippen LogP contribution in [0, 0.1) is 0 Å². The zero-order valence-corrected chi connectivity index (χ0v) is 17.7. The van der Waals surface area contributed by atoms with Crippen molar-refractivity contribution >= 4 is 16.7 Å². The maximum absolute atomic E-state index is 13.1. The number of benzene rings is 2. The summed E-state index contributed by atoms with van der Waals surface area (Å²) in [5.74, 6) is -0.0953. The molecule has 1 N–H and O–H groups in total. The molecule has 1 fully saturated rings. The summed E-state index contributed by atoms with van der Waals surface area (Å²) in [4.78, 5) is 28.3. The fourth-order valence-electron chi connectivity index (χ4n) is 4.22. The van der Waals surface area contributed by atoms with Crippen molar-refractivity contribution in [3.63, 3.8) is 0 Å². The number of aromatic nitrogens is 1. The molecule has 1 aliphatic heterocycles. The molecular formula is C25H29N3O2. The van der Waals surface area contributed by atoms with Crippen LogP contribution in [0.3, 0.4) is 0 Å². The normalized spacial score (nSPS) is 15.6. The Kier molecular flexibility index (Phi) is 6.00. The summed E-state index contributed by atoms with van der Waals surface area (Å²) < 4.78 is 1.65. The predicted octanol–water partition coefficient (Wildman–Crippen LogP) is 3.98. The Bertz CT molecular complexity index is 1080. The van der Waals surface area contributed by atoms with E-state index in [1.54, 1.807) is 16.8 Å². The highest BCUT2D eigenvalue weighted by Gasteiger charge is 2.23. The summed E-state index contributed by atoms with van der Waals surface area (Å²) in [6.45, 7) is 6.80. The van der Waals surface area contributed by atoms with Gasteiger partial charge in [-0.3, -0.25) is 14.5 Å². The minimum atomic E-state index is -0.0953. The molecule has 1 amide bonds. The van der Waals surface area contributed by atoms with Crippen molar-refractivity contribution in [3.05, 3.63) is 82.3 Å². The van der Waals surface area contributed by atoms with Crippen molar-refractivity contribution in [2.45, 2.75) is 45.3 Å². The van der Waals surface area contributed by atoms with Gasteiger partial charge in [0.15, 0.2) is 0 Å². The van der Waals surface area contributed by atoms with Crippen LogP contribution in [0.5, 0.6) is 0 Å². The van der Waals surface area contributed by atoms with Gasteiger partial charge in [0.2, 0.25) is 0 Å². The van der Waals surface area contributed by atoms with E-state index in [0.29, 0.717) is 10.9 Å². The average Bonchev–Trinajstić information content (AvgIpc) is 2.76. The second-order valence-electron chi connectivity index (χ2n) is 8.40. The summed E-state index contributed by atoms with van der Waals surface area (Å²) in [7, 11) is 0. The van der Waals surface area contributed by atoms with Crippen LogP contribution in [0.15, 0.2) is 65.6 Å². The fourth-order valence-corrected chi connectivity index (χ4v) is 4.22. The quantitative estimate of drug-likeness (QED) is 0.701. The van der Waals surface area contributed by atoms with E-state index in [4.69, 9.17) is 0 Å². The SMILES string of the molecule is CC(C)n1cc(C(=O)NC2CCN(Cc3ccccc3)CC2)c2ccccc2c1=O. The van der Waals surface area contributed by atoms with Crippen LogP contribution in [-0.4, -0.2) is 34.5 Å². The number of amides is 1. The van der Waals surface area contributed by atoms with Gasteiger partial charge in [-0.25, -0.2) is 0 Å². The molecule has 1 saturated heterocycles. The molecule has 0 bridgehead atoms. The molecule has 3 aromatic rings. The Morgan fingerprint density at radius 1 is 1.00 bits per heavy atom. The lowest BCUT2D eigenvalue weighted by atomic mass is 10.0. The number of hydrogen-bond acceptors (Lipinski definition) is 3. The molecule has 0 atom stereocenters. The van der Waals surface area contributed by atoms with Gasteiger partial charge in [-0.15, -0.1) is 0 Å². The van der Waals surface area contributed by atoms with Crippen molar-refractivity contribution < 1.29 is 4.79 Å². The summed E-state index contributed by atoms with van der Waals surface area (Å²) in [6.07, 6.45) is 3.58. The number of fused-ring (bicyclic) bond motifs is 1. The Labute approximate surface area is 177 Å². The van der Waals surface area contributed by atoms with Crippen LogP contribution in [0.2, 0.25) is 0 Å². The molecule has 0 spiro atoms. The molecule has 30 heavy (non-hydrogen) atoms. The van der Waals surface area contributed by atoms with Gasteiger partial charge >= 0.3 is 0 Å². The number of nitrogens with zero attached hydrogens (tertiary/aromatic N) is 2. The number of likely N-dealkylation sites (tertiary alicyclic amines) is 1. The highest BCUT2D eigenvalue weighted by Crippen LogP contribution is 2.19. The predicted molar refractivity (Wildman–Crippen MR) is 121 cm³/mol. The van der Waals surface area contributed by atoms with Crippen LogP contribution in [-0.2, 0) is 6.54 Å². The molecular weight excluding hydrogens is 374 g/mol. The maximum Gasteiger partial charge on any atom is 0.258 e. The number of hydrogen-bond donors (Lipinski definition) is 1. The Morgan fingerprint density at radius 3 is 2.30 bits per heavy atom. The third-order valence-electron chi connectivity index (χ3n) is 5.92. The van der Waals surface area contributed by atoms with E-state index in [1.165, 1.54) is 5.56 Å². The minimum absolute atomic E-state index is 0.00474. The largest absolute Gasteiger partial charge is 0.349 e. The molecule has 2 heterocycles. The van der Waals surface area contributed by atoms with E-state index in [0.717, 1.165) is 37.9 Å². The first kappa shape index (κ1) is 20.4. The molecule has 5 nitrogen and oxygen atoms in total. The van der Waals surface area contributed by atoms with Crippen molar-refractivity contribution in [3.8, 4) is 0 Å². The van der Waals surface area contributed by atoms with E-state index in [1.807, 2.05) is 38.1 Å². The first-order valence-corrected chi connectivity index (χ1v) is 10.7. The van der Waals surface area contributed by atoms with E-state index in [2.05, 4.69) is 34.5 Å². The van der Waals surface area contributed by atoms with Gasteiger partial charge in [-0.2, -0.15) is 0 Å². The monoisotopic (exact) mass is 403 g/mol. The second-order valence-corrected chi connectivity index (χ2v) is 8.40. The first-order chi connectivity index (χ1) is 14.5. The van der Waals surface area contributed by atoms with E-state index in [-0.39, 0.29) is 23.6 Å². The van der Waals surface area contributed by atoms with Gasteiger partial charge in [0.25, 0.3) is 11.5 Å². The average molecular weight is 404 g/mol. The Balaban J connectivity index is 1.47. The molecule has 0 saturated carbocycles. The first-order valence-electron chi connectivity index (χ1n) is 10.7. The lowest BCUT2D eigenvalue weighted by molar-refractivity contribution is 0.0909. The zero-order valence-electron chi connectivity index (χ0n) is 17.7. The number of nitrogens with one attached hydrogen (secondary N) is 1. The molecule has 0 aliphatic carbocycles. The number of rotatable bonds is 5. The Hall–Kier alpha value is -2.92. The molecule has 0 unspecified atom stereocenters. The van der Waals surface area contributed by atoms with Gasteiger partial charge in [0, 0.05) is 48.7 Å². The van der Waals surface area contributed by atoms with Crippen LogP contribution in [0.1, 0.15) is 48.7 Å². The third-order valence-corrected chi connectivity index (χ3v) is 5.92. The number of piperidine rings is 1. The molecule has 0 radical (unpaired) electrons. The molecule has 2 aromatic carbocycles. The van der Waals surface area contributed by atoms with Gasteiger partial charge in [-0.05, 0) is 38.3 Å². The molecule has 5 heteroatoms. The van der Waals surface area contributed by atoms with Gasteiger partial charge < -0.3 is 9.88 Å². The molecule has 156 valence electrons. The number of carbonyl (C=O) groups excluding carboxylic acids is 1. The fraction of sp³-hybridized carbons (Fsp3) is 0.360. The highest BCUT2D eigenvalue weighted by atomic mass is 16.2. The van der Waals surface area contributed by atoms with Crippen LogP contribution < -0.4 is 10.9 Å². The topological polar surface area (TPSA) is 54.3 Å². The summed E-state index contributed by atoms with van der Waals surface area (Å²) in [5.41, 5.74) is 1.85. The standard InChI is InChI=1S/C25H29N3O2/c1-18(2)28-17-23(21-10-6-7-11-22(21)25(28)30)24(29)26-20-12-14-27(15-13-20)16-19-8-4-3-5-9-19/h3-11,17-18,20H,12-16H2,1-2H3,(H,26,29). The highest BCUT2D eigenvalue weighted by molar-refractivity contribution is 6.06. The van der Waals surface area contributed by atoms with Crippen molar-refractivity contribution in [1.82, 2.24) is 14.8 Å². The van der Waals surface area contributed by atoms with Crippen LogP contribution in [0.4, 0.5) is 0 Å². The van der Waals surface area contributed by atoms with Crippen LogP contribution in [0.25, 0.3) is 10.8 Å². The van der Waals surface area contributed by atoms with Crippen molar-refractivity contribution in [1.29, 1.82) is 0 Å². The van der Waals surface area contributed by atoms with Gasteiger partial charge in [0.05, 0.1) is 5.56 Å². The van der Waals surface area contributed by atoms with Gasteiger partial charge in [-0.1, -0.05) is 48.5 Å². The Morgan fingerprint density at radius 2 is 1.63 bits per heavy atom. The van der Waals surface area contributed by atoms with Gasteiger partial charge in [0.1, 0.15) is 0 Å². The lowest BCUT2D eigenvalue weighted by Gasteiger charge is -2.32. The number of pyridine rings is 1. The summed E-state index contributed by atoms with van der Waals surface area (Å²) >= 11 is 0. The van der Waals surface area contributed by atoms with Crippen molar-refractivity contribution in [2.75, 3.05) is 13.1 Å². The molecule has 1 aliphatic rings. The summed E-state index contributed by atoms with van der Waals surface area (Å²) in [5, 5.41) is 4.53.